The molecule has 1 saturated heterocycles. The highest BCUT2D eigenvalue weighted by atomic mass is 35.5. The molecule has 2 N–H and O–H groups in total. The van der Waals surface area contributed by atoms with E-state index in [1.165, 1.54) is 12.1 Å². The van der Waals surface area contributed by atoms with Crippen LogP contribution in [-0.2, 0) is 4.79 Å². The summed E-state index contributed by atoms with van der Waals surface area (Å²) < 4.78 is 13.3. The van der Waals surface area contributed by atoms with Gasteiger partial charge in [-0.3, -0.25) is 4.90 Å². The van der Waals surface area contributed by atoms with Crippen molar-refractivity contribution in [3.8, 4) is 0 Å². The average Bonchev–Trinajstić information content (AvgIpc) is 2.61. The lowest BCUT2D eigenvalue weighted by Crippen LogP contribution is -2.52. The molecule has 0 aromatic heterocycles. The van der Waals surface area contributed by atoms with Crippen LogP contribution in [0.15, 0.2) is 18.2 Å². The van der Waals surface area contributed by atoms with E-state index < -0.39 is 6.09 Å². The predicted octanol–water partition coefficient (Wildman–Crippen LogP) is 3.32. The Morgan fingerprint density at radius 1 is 1.50 bits per heavy atom. The molecule has 6 nitrogen and oxygen atoms in total. The van der Waals surface area contributed by atoms with Crippen molar-refractivity contribution >= 4 is 24.0 Å². The third-order valence-corrected chi connectivity index (χ3v) is 5.52. The molecule has 8 heteroatoms. The van der Waals surface area contributed by atoms with Crippen molar-refractivity contribution in [2.45, 2.75) is 38.3 Å². The molecule has 1 aliphatic heterocycles. The van der Waals surface area contributed by atoms with Crippen molar-refractivity contribution in [1.82, 2.24) is 15.3 Å². The van der Waals surface area contributed by atoms with Crippen molar-refractivity contribution in [3.63, 3.8) is 0 Å². The summed E-state index contributed by atoms with van der Waals surface area (Å²) in [4.78, 5) is 24.7. The van der Waals surface area contributed by atoms with Crippen LogP contribution in [0.25, 0.3) is 0 Å². The standard InChI is InChI=1S/C18H25ClFN3O3/c1-12(15-4-3-14(20)11-16(15)19)22-8-5-13(6-9-22)17(7-10-24)23(21-2)18(25)26/h3-4,10-13,17,21H,5-9H2,1-2H3,(H,25,26). The summed E-state index contributed by atoms with van der Waals surface area (Å²) in [6.45, 7) is 3.54. The Hall–Kier alpha value is -1.70. The summed E-state index contributed by atoms with van der Waals surface area (Å²) in [5, 5.41) is 10.9. The molecule has 2 atom stereocenters. The van der Waals surface area contributed by atoms with Crippen molar-refractivity contribution in [2.75, 3.05) is 20.1 Å². The quantitative estimate of drug-likeness (QED) is 0.556. The number of carbonyl (C=O) groups is 2. The number of carbonyl (C=O) groups excluding carboxylic acids is 1. The summed E-state index contributed by atoms with van der Waals surface area (Å²) in [6, 6.07) is 4.08. The smallest absolute Gasteiger partial charge is 0.422 e. The number of hydrogen-bond acceptors (Lipinski definition) is 4. The number of halogens is 2. The maximum atomic E-state index is 13.3. The number of nitrogens with one attached hydrogen (secondary N) is 1. The van der Waals surface area contributed by atoms with Gasteiger partial charge in [-0.15, -0.1) is 0 Å². The molecule has 0 saturated carbocycles. The zero-order chi connectivity index (χ0) is 19.3. The summed E-state index contributed by atoms with van der Waals surface area (Å²) in [7, 11) is 1.54. The van der Waals surface area contributed by atoms with Gasteiger partial charge in [0.1, 0.15) is 12.1 Å². The van der Waals surface area contributed by atoms with Crippen LogP contribution in [0, 0.1) is 11.7 Å². The third-order valence-electron chi connectivity index (χ3n) is 5.20. The number of nitrogens with zero attached hydrogens (tertiary/aromatic N) is 2. The van der Waals surface area contributed by atoms with Gasteiger partial charge in [-0.2, -0.15) is 0 Å². The van der Waals surface area contributed by atoms with Crippen LogP contribution in [0.3, 0.4) is 0 Å². The largest absolute Gasteiger partial charge is 0.464 e. The highest BCUT2D eigenvalue weighted by Crippen LogP contribution is 2.33. The van der Waals surface area contributed by atoms with Gasteiger partial charge < -0.3 is 9.90 Å². The molecule has 1 aromatic carbocycles. The first-order valence-corrected chi connectivity index (χ1v) is 9.09. The molecule has 1 fully saturated rings. The molecule has 26 heavy (non-hydrogen) atoms. The third kappa shape index (κ3) is 4.72. The van der Waals surface area contributed by atoms with E-state index in [0.29, 0.717) is 5.02 Å². The summed E-state index contributed by atoms with van der Waals surface area (Å²) in [5.41, 5.74) is 3.54. The van der Waals surface area contributed by atoms with E-state index in [0.717, 1.165) is 42.8 Å². The number of benzene rings is 1. The first-order valence-electron chi connectivity index (χ1n) is 8.71. The summed E-state index contributed by atoms with van der Waals surface area (Å²) >= 11 is 6.17. The number of aldehydes is 1. The van der Waals surface area contributed by atoms with Gasteiger partial charge in [0.05, 0.1) is 6.04 Å². The molecule has 1 heterocycles. The Morgan fingerprint density at radius 2 is 2.15 bits per heavy atom. The number of rotatable bonds is 7. The van der Waals surface area contributed by atoms with E-state index in [1.807, 2.05) is 6.92 Å². The van der Waals surface area contributed by atoms with Gasteiger partial charge >= 0.3 is 6.09 Å². The van der Waals surface area contributed by atoms with Crippen LogP contribution in [0.5, 0.6) is 0 Å². The molecule has 2 unspecified atom stereocenters. The lowest BCUT2D eigenvalue weighted by Gasteiger charge is -2.41. The van der Waals surface area contributed by atoms with Gasteiger partial charge in [0, 0.05) is 24.5 Å². The number of hydrogen-bond donors (Lipinski definition) is 2. The zero-order valence-electron chi connectivity index (χ0n) is 15.0. The zero-order valence-corrected chi connectivity index (χ0v) is 15.7. The highest BCUT2D eigenvalue weighted by molar-refractivity contribution is 6.31. The van der Waals surface area contributed by atoms with E-state index >= 15 is 0 Å². The van der Waals surface area contributed by atoms with Gasteiger partial charge in [-0.05, 0) is 56.5 Å². The molecule has 1 aliphatic rings. The van der Waals surface area contributed by atoms with Crippen LogP contribution in [0.4, 0.5) is 9.18 Å². The second-order valence-electron chi connectivity index (χ2n) is 6.56. The molecule has 0 spiro atoms. The minimum absolute atomic E-state index is 0.0356. The van der Waals surface area contributed by atoms with Gasteiger partial charge in [-0.25, -0.2) is 19.6 Å². The minimum atomic E-state index is -1.09. The van der Waals surface area contributed by atoms with Crippen molar-refractivity contribution < 1.29 is 19.1 Å². The Bertz CT molecular complexity index is 638. The van der Waals surface area contributed by atoms with Gasteiger partial charge in [0.25, 0.3) is 0 Å². The van der Waals surface area contributed by atoms with E-state index in [4.69, 9.17) is 11.6 Å². The fraction of sp³-hybridized carbons (Fsp3) is 0.556. The average molecular weight is 386 g/mol. The maximum Gasteiger partial charge on any atom is 0.422 e. The van der Waals surface area contributed by atoms with Gasteiger partial charge in [-0.1, -0.05) is 17.7 Å². The Balaban J connectivity index is 2.04. The first-order chi connectivity index (χ1) is 12.4. The SMILES string of the molecule is CNN(C(=O)O)C(CC=O)C1CCN(C(C)c2ccc(F)cc2Cl)CC1. The molecular formula is C18H25ClFN3O3. The second kappa shape index (κ2) is 9.30. The maximum absolute atomic E-state index is 13.3. The Kier molecular flexibility index (Phi) is 7.37. The molecule has 1 amide bonds. The number of hydrazine groups is 1. The molecule has 0 bridgehead atoms. The van der Waals surface area contributed by atoms with Gasteiger partial charge in [0.15, 0.2) is 0 Å². The summed E-state index contributed by atoms with van der Waals surface area (Å²) in [5.74, 6) is -0.266. The van der Waals surface area contributed by atoms with Crippen LogP contribution in [-0.4, -0.2) is 53.6 Å². The lowest BCUT2D eigenvalue weighted by molar-refractivity contribution is -0.109. The molecule has 1 aromatic rings. The molecule has 144 valence electrons. The molecular weight excluding hydrogens is 361 g/mol. The monoisotopic (exact) mass is 385 g/mol. The van der Waals surface area contributed by atoms with Crippen molar-refractivity contribution in [3.05, 3.63) is 34.6 Å². The molecule has 0 radical (unpaired) electrons. The topological polar surface area (TPSA) is 72.9 Å². The number of piperidine rings is 1. The van der Waals surface area contributed by atoms with Crippen LogP contribution >= 0.6 is 11.6 Å². The highest BCUT2D eigenvalue weighted by Gasteiger charge is 2.34. The number of likely N-dealkylation sites (tertiary alicyclic amines) is 1. The molecule has 0 aliphatic carbocycles. The predicted molar refractivity (Wildman–Crippen MR) is 97.5 cm³/mol. The first kappa shape index (κ1) is 20.6. The minimum Gasteiger partial charge on any atom is -0.464 e. The second-order valence-corrected chi connectivity index (χ2v) is 6.97. The Morgan fingerprint density at radius 3 is 2.65 bits per heavy atom. The lowest BCUT2D eigenvalue weighted by atomic mass is 9.86. The fourth-order valence-electron chi connectivity index (χ4n) is 3.74. The van der Waals surface area contributed by atoms with E-state index in [2.05, 4.69) is 10.3 Å². The van der Waals surface area contributed by atoms with Gasteiger partial charge in [0.2, 0.25) is 0 Å². The number of amides is 1. The summed E-state index contributed by atoms with van der Waals surface area (Å²) in [6.07, 6.45) is 1.39. The molecule has 2 rings (SSSR count). The van der Waals surface area contributed by atoms with Crippen LogP contribution in [0.2, 0.25) is 5.02 Å². The van der Waals surface area contributed by atoms with E-state index in [9.17, 15) is 19.1 Å². The van der Waals surface area contributed by atoms with E-state index in [1.54, 1.807) is 13.1 Å². The van der Waals surface area contributed by atoms with E-state index in [-0.39, 0.29) is 30.2 Å². The van der Waals surface area contributed by atoms with Crippen molar-refractivity contribution in [1.29, 1.82) is 0 Å². The van der Waals surface area contributed by atoms with Crippen LogP contribution in [0.1, 0.15) is 37.8 Å². The van der Waals surface area contributed by atoms with Crippen molar-refractivity contribution in [2.24, 2.45) is 5.92 Å². The van der Waals surface area contributed by atoms with Crippen LogP contribution < -0.4 is 5.43 Å². The normalized spacial score (nSPS) is 18.3. The number of carboxylic acid groups (broad SMARTS) is 1. The fourth-order valence-corrected chi connectivity index (χ4v) is 4.06. The Labute approximate surface area is 157 Å².